The predicted octanol–water partition coefficient (Wildman–Crippen LogP) is 3.80. The van der Waals surface area contributed by atoms with Gasteiger partial charge in [0.2, 0.25) is 0 Å². The van der Waals surface area contributed by atoms with Crippen LogP contribution in [-0.4, -0.2) is 4.57 Å². The monoisotopic (exact) mass is 316 g/mol. The van der Waals surface area contributed by atoms with Crippen LogP contribution in [-0.2, 0) is 0 Å². The number of benzene rings is 2. The number of nitrogens with zero attached hydrogens (tertiary/aromatic N) is 1. The highest BCUT2D eigenvalue weighted by Crippen LogP contribution is 2.26. The van der Waals surface area contributed by atoms with E-state index >= 15 is 0 Å². The van der Waals surface area contributed by atoms with E-state index in [2.05, 4.69) is 0 Å². The van der Waals surface area contributed by atoms with E-state index in [0.29, 0.717) is 11.4 Å². The van der Waals surface area contributed by atoms with E-state index in [1.54, 1.807) is 25.1 Å². The number of hydrogen-bond donors (Lipinski definition) is 1. The molecule has 0 saturated heterocycles. The molecule has 112 valence electrons. The quantitative estimate of drug-likeness (QED) is 0.781. The average molecular weight is 317 g/mol. The summed E-state index contributed by atoms with van der Waals surface area (Å²) in [5.74, 6) is -0.487. The van der Waals surface area contributed by atoms with Crippen LogP contribution in [0.2, 0.25) is 5.02 Å². The van der Waals surface area contributed by atoms with Crippen LogP contribution >= 0.6 is 11.6 Å². The minimum atomic E-state index is -0.487. The van der Waals surface area contributed by atoms with Gasteiger partial charge in [-0.1, -0.05) is 29.8 Å². The molecule has 1 unspecified atom stereocenters. The number of fused-ring (bicyclic) bond motifs is 1. The molecule has 2 aromatic carbocycles. The standard InChI is InChI=1S/C17H14ClFN2O/c1-10(20)15-9-12-14(19)8-7-13(18)16(12)17(22)21(15)11-5-3-2-4-6-11/h2-10H,20H2,1H3. The third kappa shape index (κ3) is 2.30. The molecular formula is C17H14ClFN2O. The van der Waals surface area contributed by atoms with Crippen molar-refractivity contribution < 1.29 is 4.39 Å². The summed E-state index contributed by atoms with van der Waals surface area (Å²) in [6, 6.07) is 12.9. The molecule has 0 radical (unpaired) electrons. The van der Waals surface area contributed by atoms with Crippen molar-refractivity contribution in [2.24, 2.45) is 5.73 Å². The maximum atomic E-state index is 14.1. The summed E-state index contributed by atoms with van der Waals surface area (Å²) in [5.41, 5.74) is 6.81. The van der Waals surface area contributed by atoms with E-state index in [4.69, 9.17) is 17.3 Å². The van der Waals surface area contributed by atoms with Crippen molar-refractivity contribution in [1.82, 2.24) is 4.57 Å². The van der Waals surface area contributed by atoms with Crippen molar-refractivity contribution in [2.45, 2.75) is 13.0 Å². The van der Waals surface area contributed by atoms with Crippen LogP contribution in [0.15, 0.2) is 53.3 Å². The van der Waals surface area contributed by atoms with Gasteiger partial charge in [0.05, 0.1) is 10.4 Å². The number of rotatable bonds is 2. The minimum Gasteiger partial charge on any atom is -0.323 e. The number of nitrogens with two attached hydrogens (primary N) is 1. The molecule has 3 aromatic rings. The molecule has 3 nitrogen and oxygen atoms in total. The lowest BCUT2D eigenvalue weighted by molar-refractivity contribution is 0.638. The highest BCUT2D eigenvalue weighted by atomic mass is 35.5. The number of halogens is 2. The Kier molecular flexibility index (Phi) is 3.72. The molecule has 0 aliphatic carbocycles. The van der Waals surface area contributed by atoms with Crippen LogP contribution in [0.5, 0.6) is 0 Å². The minimum absolute atomic E-state index is 0.162. The number of aromatic nitrogens is 1. The zero-order valence-electron chi connectivity index (χ0n) is 11.9. The zero-order chi connectivity index (χ0) is 15.9. The largest absolute Gasteiger partial charge is 0.323 e. The van der Waals surface area contributed by atoms with Crippen molar-refractivity contribution in [3.05, 3.63) is 75.4 Å². The number of para-hydroxylation sites is 1. The van der Waals surface area contributed by atoms with E-state index in [0.717, 1.165) is 0 Å². The van der Waals surface area contributed by atoms with E-state index in [1.165, 1.54) is 16.7 Å². The van der Waals surface area contributed by atoms with Crippen molar-refractivity contribution in [3.63, 3.8) is 0 Å². The summed E-state index contributed by atoms with van der Waals surface area (Å²) in [7, 11) is 0. The normalized spacial score (nSPS) is 12.5. The molecule has 0 amide bonds. The molecule has 0 aliphatic heterocycles. The van der Waals surface area contributed by atoms with Gasteiger partial charge in [0, 0.05) is 22.8 Å². The molecule has 0 aliphatic rings. The first-order chi connectivity index (χ1) is 10.5. The van der Waals surface area contributed by atoms with Gasteiger partial charge < -0.3 is 5.73 Å². The Bertz CT molecular complexity index is 904. The Morgan fingerprint density at radius 1 is 1.18 bits per heavy atom. The predicted molar refractivity (Wildman–Crippen MR) is 87.1 cm³/mol. The molecule has 0 spiro atoms. The first-order valence-electron chi connectivity index (χ1n) is 6.85. The van der Waals surface area contributed by atoms with Gasteiger partial charge in [-0.2, -0.15) is 0 Å². The van der Waals surface area contributed by atoms with E-state index in [9.17, 15) is 9.18 Å². The molecule has 0 bridgehead atoms. The van der Waals surface area contributed by atoms with Gasteiger partial charge in [0.25, 0.3) is 5.56 Å². The second kappa shape index (κ2) is 5.55. The van der Waals surface area contributed by atoms with Crippen molar-refractivity contribution in [2.75, 3.05) is 0 Å². The Balaban J connectivity index is 2.51. The highest BCUT2D eigenvalue weighted by Gasteiger charge is 2.17. The second-order valence-corrected chi connectivity index (χ2v) is 5.56. The molecule has 0 saturated carbocycles. The number of hydrogen-bond acceptors (Lipinski definition) is 2. The van der Waals surface area contributed by atoms with Gasteiger partial charge in [0.1, 0.15) is 5.82 Å². The van der Waals surface area contributed by atoms with Gasteiger partial charge in [-0.3, -0.25) is 9.36 Å². The molecule has 5 heteroatoms. The Labute approximate surface area is 131 Å². The topological polar surface area (TPSA) is 48.0 Å². The molecule has 3 rings (SSSR count). The van der Waals surface area contributed by atoms with Gasteiger partial charge in [-0.15, -0.1) is 0 Å². The maximum absolute atomic E-state index is 14.1. The van der Waals surface area contributed by atoms with Crippen LogP contribution < -0.4 is 11.3 Å². The lowest BCUT2D eigenvalue weighted by Gasteiger charge is -2.17. The fourth-order valence-electron chi connectivity index (χ4n) is 2.55. The molecule has 1 atom stereocenters. The van der Waals surface area contributed by atoms with Gasteiger partial charge >= 0.3 is 0 Å². The first-order valence-corrected chi connectivity index (χ1v) is 7.23. The lowest BCUT2D eigenvalue weighted by Crippen LogP contribution is -2.26. The van der Waals surface area contributed by atoms with Crippen LogP contribution in [0, 0.1) is 5.82 Å². The smallest absolute Gasteiger partial charge is 0.264 e. The van der Waals surface area contributed by atoms with Crippen molar-refractivity contribution in [3.8, 4) is 5.69 Å². The maximum Gasteiger partial charge on any atom is 0.264 e. The van der Waals surface area contributed by atoms with Crippen molar-refractivity contribution in [1.29, 1.82) is 0 Å². The third-order valence-electron chi connectivity index (χ3n) is 3.59. The summed E-state index contributed by atoms with van der Waals surface area (Å²) in [6.07, 6.45) is 0. The average Bonchev–Trinajstić information content (AvgIpc) is 2.51. The van der Waals surface area contributed by atoms with E-state index in [1.807, 2.05) is 18.2 Å². The van der Waals surface area contributed by atoms with Crippen LogP contribution in [0.3, 0.4) is 0 Å². The fourth-order valence-corrected chi connectivity index (χ4v) is 2.79. The van der Waals surface area contributed by atoms with Crippen molar-refractivity contribution >= 4 is 22.4 Å². The number of pyridine rings is 1. The second-order valence-electron chi connectivity index (χ2n) is 5.15. The molecular weight excluding hydrogens is 303 g/mol. The highest BCUT2D eigenvalue weighted by molar-refractivity contribution is 6.35. The molecule has 0 fully saturated rings. The first kappa shape index (κ1) is 14.8. The summed E-state index contributed by atoms with van der Waals surface area (Å²) in [4.78, 5) is 12.9. The van der Waals surface area contributed by atoms with Crippen LogP contribution in [0.4, 0.5) is 4.39 Å². The molecule has 22 heavy (non-hydrogen) atoms. The zero-order valence-corrected chi connectivity index (χ0v) is 12.6. The Hall–Kier alpha value is -2.17. The SMILES string of the molecule is CC(N)c1cc2c(F)ccc(Cl)c2c(=O)n1-c1ccccc1. The summed E-state index contributed by atoms with van der Waals surface area (Å²) < 4.78 is 15.6. The molecule has 1 aromatic heterocycles. The summed E-state index contributed by atoms with van der Waals surface area (Å²) in [6.45, 7) is 1.75. The van der Waals surface area contributed by atoms with Gasteiger partial charge in [-0.25, -0.2) is 4.39 Å². The fraction of sp³-hybridized carbons (Fsp3) is 0.118. The third-order valence-corrected chi connectivity index (χ3v) is 3.90. The summed E-state index contributed by atoms with van der Waals surface area (Å²) >= 11 is 6.11. The summed E-state index contributed by atoms with van der Waals surface area (Å²) in [5, 5.41) is 0.578. The van der Waals surface area contributed by atoms with Gasteiger partial charge in [-0.05, 0) is 37.3 Å². The van der Waals surface area contributed by atoms with Crippen LogP contribution in [0.1, 0.15) is 18.7 Å². The van der Waals surface area contributed by atoms with Gasteiger partial charge in [0.15, 0.2) is 0 Å². The molecule has 1 heterocycles. The lowest BCUT2D eigenvalue weighted by atomic mass is 10.1. The van der Waals surface area contributed by atoms with Crippen LogP contribution in [0.25, 0.3) is 16.5 Å². The van der Waals surface area contributed by atoms with E-state index in [-0.39, 0.29) is 21.4 Å². The Morgan fingerprint density at radius 3 is 2.50 bits per heavy atom. The Morgan fingerprint density at radius 2 is 1.86 bits per heavy atom. The van der Waals surface area contributed by atoms with E-state index < -0.39 is 11.9 Å². The molecule has 2 N–H and O–H groups in total.